The molecule has 1 aromatic carbocycles. The topological polar surface area (TPSA) is 12.9 Å². The van der Waals surface area contributed by atoms with Crippen molar-refractivity contribution in [3.63, 3.8) is 0 Å². The molecule has 0 unspecified atom stereocenters. The molecule has 120 valence electrons. The third-order valence-corrected chi connectivity index (χ3v) is 8.22. The van der Waals surface area contributed by atoms with E-state index in [0.717, 1.165) is 5.92 Å². The maximum Gasteiger partial charge on any atom is 0.0451 e. The van der Waals surface area contributed by atoms with Crippen LogP contribution in [0.5, 0.6) is 0 Å². The normalized spacial score (nSPS) is 34.7. The van der Waals surface area contributed by atoms with Gasteiger partial charge in [0.1, 0.15) is 0 Å². The molecule has 0 radical (unpaired) electrons. The summed E-state index contributed by atoms with van der Waals surface area (Å²) in [6, 6.07) is 17.3. The number of nitrogens with zero attached hydrogens (tertiary/aromatic N) is 1. The molecule has 2 saturated carbocycles. The SMILES string of the molecule is CC1(C)[C@H]2CC[C@]1(C)[C@H](c1ccccn1)[C@H]2Sc1ccccc1. The van der Waals surface area contributed by atoms with Gasteiger partial charge in [0.25, 0.3) is 0 Å². The van der Waals surface area contributed by atoms with Gasteiger partial charge in [-0.2, -0.15) is 0 Å². The highest BCUT2D eigenvalue weighted by atomic mass is 32.2. The molecule has 2 aliphatic carbocycles. The van der Waals surface area contributed by atoms with Gasteiger partial charge >= 0.3 is 0 Å². The first-order valence-electron chi connectivity index (χ1n) is 8.67. The fourth-order valence-corrected chi connectivity index (χ4v) is 6.99. The van der Waals surface area contributed by atoms with Gasteiger partial charge in [0.2, 0.25) is 0 Å². The van der Waals surface area contributed by atoms with Crippen LogP contribution < -0.4 is 0 Å². The van der Waals surface area contributed by atoms with E-state index in [0.29, 0.717) is 22.0 Å². The number of benzene rings is 1. The Kier molecular flexibility index (Phi) is 3.57. The second-order valence-corrected chi connectivity index (χ2v) is 9.16. The van der Waals surface area contributed by atoms with E-state index in [4.69, 9.17) is 4.98 Å². The molecule has 4 atom stereocenters. The van der Waals surface area contributed by atoms with Crippen LogP contribution in [0.1, 0.15) is 45.2 Å². The van der Waals surface area contributed by atoms with E-state index in [1.807, 2.05) is 12.3 Å². The van der Waals surface area contributed by atoms with Crippen molar-refractivity contribution in [3.8, 4) is 0 Å². The average molecular weight is 324 g/mol. The van der Waals surface area contributed by atoms with E-state index in [9.17, 15) is 0 Å². The molecule has 2 aliphatic rings. The Labute approximate surface area is 143 Å². The fraction of sp³-hybridized carbons (Fsp3) is 0.476. The van der Waals surface area contributed by atoms with Crippen molar-refractivity contribution in [2.45, 2.75) is 49.7 Å². The minimum absolute atomic E-state index is 0.346. The molecule has 0 saturated heterocycles. The number of thioether (sulfide) groups is 1. The van der Waals surface area contributed by atoms with E-state index >= 15 is 0 Å². The van der Waals surface area contributed by atoms with Crippen LogP contribution in [0.3, 0.4) is 0 Å². The van der Waals surface area contributed by atoms with E-state index in [1.54, 1.807) is 0 Å². The summed E-state index contributed by atoms with van der Waals surface area (Å²) in [5.41, 5.74) is 2.01. The number of aromatic nitrogens is 1. The third-order valence-electron chi connectivity index (χ3n) is 6.81. The summed E-state index contributed by atoms with van der Waals surface area (Å²) in [5, 5.41) is 0.626. The van der Waals surface area contributed by atoms with E-state index in [1.165, 1.54) is 23.4 Å². The molecule has 2 heteroatoms. The maximum absolute atomic E-state index is 4.77. The molecule has 4 rings (SSSR count). The molecule has 1 aromatic heterocycles. The number of hydrogen-bond acceptors (Lipinski definition) is 2. The summed E-state index contributed by atoms with van der Waals surface area (Å²) >= 11 is 2.08. The lowest BCUT2D eigenvalue weighted by molar-refractivity contribution is 0.133. The number of rotatable bonds is 3. The lowest BCUT2D eigenvalue weighted by Gasteiger charge is -2.40. The van der Waals surface area contributed by atoms with Crippen LogP contribution in [0.25, 0.3) is 0 Å². The zero-order valence-electron chi connectivity index (χ0n) is 14.2. The van der Waals surface area contributed by atoms with Crippen molar-refractivity contribution in [2.24, 2.45) is 16.7 Å². The van der Waals surface area contributed by atoms with Crippen LogP contribution in [0.2, 0.25) is 0 Å². The van der Waals surface area contributed by atoms with E-state index in [-0.39, 0.29) is 0 Å². The molecule has 0 aliphatic heterocycles. The number of hydrogen-bond donors (Lipinski definition) is 0. The fourth-order valence-electron chi connectivity index (χ4n) is 5.15. The molecule has 1 nitrogen and oxygen atoms in total. The standard InChI is InChI=1S/C21H25NS/c1-20(2)16-12-13-21(20,3)18(17-11-7-8-14-22-17)19(16)23-15-9-5-4-6-10-15/h4-11,14,16,18-19H,12-13H2,1-3H3/t16-,18+,19-,21+/m0/s1. The van der Waals surface area contributed by atoms with Gasteiger partial charge in [0, 0.05) is 28.0 Å². The predicted octanol–water partition coefficient (Wildman–Crippen LogP) is 5.78. The largest absolute Gasteiger partial charge is 0.261 e. The third kappa shape index (κ3) is 2.18. The Hall–Kier alpha value is -1.28. The highest BCUT2D eigenvalue weighted by molar-refractivity contribution is 8.00. The molecule has 23 heavy (non-hydrogen) atoms. The second-order valence-electron chi connectivity index (χ2n) is 7.91. The second kappa shape index (κ2) is 5.37. The monoisotopic (exact) mass is 323 g/mol. The van der Waals surface area contributed by atoms with Gasteiger partial charge in [-0.1, -0.05) is 45.0 Å². The summed E-state index contributed by atoms with van der Waals surface area (Å²) in [7, 11) is 0. The lowest BCUT2D eigenvalue weighted by atomic mass is 9.66. The Balaban J connectivity index is 1.77. The zero-order chi connectivity index (χ0) is 16.1. The summed E-state index contributed by atoms with van der Waals surface area (Å²) < 4.78 is 0. The first-order chi connectivity index (χ1) is 11.0. The molecule has 0 N–H and O–H groups in total. The van der Waals surface area contributed by atoms with Crippen LogP contribution in [0, 0.1) is 16.7 Å². The lowest BCUT2D eigenvalue weighted by Crippen LogP contribution is -2.32. The van der Waals surface area contributed by atoms with Crippen LogP contribution in [-0.4, -0.2) is 10.2 Å². The highest BCUT2D eigenvalue weighted by Crippen LogP contribution is 2.73. The number of fused-ring (bicyclic) bond motifs is 2. The zero-order valence-corrected chi connectivity index (χ0v) is 15.0. The van der Waals surface area contributed by atoms with Gasteiger partial charge in [-0.05, 0) is 53.9 Å². The Bertz CT molecular complexity index is 682. The van der Waals surface area contributed by atoms with Crippen LogP contribution in [0.4, 0.5) is 0 Å². The van der Waals surface area contributed by atoms with Crippen molar-refractivity contribution in [3.05, 3.63) is 60.4 Å². The summed E-state index contributed by atoms with van der Waals surface area (Å²) in [4.78, 5) is 6.16. The summed E-state index contributed by atoms with van der Waals surface area (Å²) in [6.45, 7) is 7.50. The summed E-state index contributed by atoms with van der Waals surface area (Å²) in [6.07, 6.45) is 4.65. The van der Waals surface area contributed by atoms with E-state index in [2.05, 4.69) is 75.0 Å². The van der Waals surface area contributed by atoms with Gasteiger partial charge in [-0.25, -0.2) is 0 Å². The van der Waals surface area contributed by atoms with Crippen molar-refractivity contribution in [1.82, 2.24) is 4.98 Å². The molecule has 2 fully saturated rings. The molecular weight excluding hydrogens is 298 g/mol. The first kappa shape index (κ1) is 15.3. The van der Waals surface area contributed by atoms with Gasteiger partial charge in [0.15, 0.2) is 0 Å². The Morgan fingerprint density at radius 2 is 1.74 bits per heavy atom. The van der Waals surface area contributed by atoms with Crippen molar-refractivity contribution in [1.29, 1.82) is 0 Å². The molecule has 1 heterocycles. The average Bonchev–Trinajstić information content (AvgIpc) is 2.88. The first-order valence-corrected chi connectivity index (χ1v) is 9.55. The Morgan fingerprint density at radius 1 is 1.00 bits per heavy atom. The van der Waals surface area contributed by atoms with E-state index < -0.39 is 0 Å². The molecule has 2 aromatic rings. The van der Waals surface area contributed by atoms with Gasteiger partial charge in [-0.3, -0.25) is 4.98 Å². The quantitative estimate of drug-likeness (QED) is 0.710. The maximum atomic E-state index is 4.77. The van der Waals surface area contributed by atoms with Crippen molar-refractivity contribution in [2.75, 3.05) is 0 Å². The molecular formula is C21H25NS. The Morgan fingerprint density at radius 3 is 2.43 bits per heavy atom. The van der Waals surface area contributed by atoms with Crippen molar-refractivity contribution >= 4 is 11.8 Å². The van der Waals surface area contributed by atoms with Gasteiger partial charge in [0.05, 0.1) is 0 Å². The van der Waals surface area contributed by atoms with Crippen LogP contribution in [-0.2, 0) is 0 Å². The van der Waals surface area contributed by atoms with Crippen LogP contribution >= 0.6 is 11.8 Å². The molecule has 2 bridgehead atoms. The van der Waals surface area contributed by atoms with Gasteiger partial charge < -0.3 is 0 Å². The van der Waals surface area contributed by atoms with Crippen LogP contribution in [0.15, 0.2) is 59.6 Å². The minimum atomic E-state index is 0.346. The van der Waals surface area contributed by atoms with Gasteiger partial charge in [-0.15, -0.1) is 11.8 Å². The molecule has 0 spiro atoms. The number of pyridine rings is 1. The molecule has 0 amide bonds. The predicted molar refractivity (Wildman–Crippen MR) is 97.7 cm³/mol. The minimum Gasteiger partial charge on any atom is -0.261 e. The highest BCUT2D eigenvalue weighted by Gasteiger charge is 2.66. The summed E-state index contributed by atoms with van der Waals surface area (Å²) in [5.74, 6) is 1.31. The smallest absolute Gasteiger partial charge is 0.0451 e. The van der Waals surface area contributed by atoms with Crippen molar-refractivity contribution < 1.29 is 0 Å².